The maximum absolute atomic E-state index is 12.0. The van der Waals surface area contributed by atoms with Crippen LogP contribution in [0.3, 0.4) is 0 Å². The number of imide groups is 1. The maximum atomic E-state index is 12.0. The predicted octanol–water partition coefficient (Wildman–Crippen LogP) is 1.23. The minimum Gasteiger partial charge on any atom is -0.393 e. The van der Waals surface area contributed by atoms with Crippen LogP contribution in [0.15, 0.2) is 0 Å². The van der Waals surface area contributed by atoms with Crippen molar-refractivity contribution in [2.24, 2.45) is 17.6 Å². The molecule has 2 aliphatic rings. The van der Waals surface area contributed by atoms with E-state index in [1.54, 1.807) is 0 Å². The van der Waals surface area contributed by atoms with Gasteiger partial charge in [-0.2, -0.15) is 0 Å². The van der Waals surface area contributed by atoms with Crippen molar-refractivity contribution in [2.45, 2.75) is 38.5 Å². The topological polar surface area (TPSA) is 63.4 Å². The van der Waals surface area contributed by atoms with Gasteiger partial charge in [-0.1, -0.05) is 18.6 Å². The molecular formula is C12H18N2O2S. The zero-order chi connectivity index (χ0) is 12.4. The van der Waals surface area contributed by atoms with E-state index in [9.17, 15) is 9.59 Å². The monoisotopic (exact) mass is 254 g/mol. The summed E-state index contributed by atoms with van der Waals surface area (Å²) in [6.45, 7) is 0.535. The molecule has 0 aromatic heterocycles. The SMILES string of the molecule is NC(=S)CCCCN1C(=O)C2CCCC2C1=O. The predicted molar refractivity (Wildman–Crippen MR) is 68.2 cm³/mol. The number of carbonyl (C=O) groups is 2. The van der Waals surface area contributed by atoms with Gasteiger partial charge in [-0.15, -0.1) is 0 Å². The quantitative estimate of drug-likeness (QED) is 0.455. The third kappa shape index (κ3) is 2.49. The van der Waals surface area contributed by atoms with E-state index in [1.807, 2.05) is 0 Å². The highest BCUT2D eigenvalue weighted by Gasteiger charge is 2.49. The molecule has 2 amide bonds. The number of nitrogens with two attached hydrogens (primary N) is 1. The number of fused-ring (bicyclic) bond motifs is 1. The first-order valence-electron chi connectivity index (χ1n) is 6.25. The van der Waals surface area contributed by atoms with E-state index in [0.717, 1.165) is 32.1 Å². The summed E-state index contributed by atoms with van der Waals surface area (Å²) >= 11 is 4.79. The highest BCUT2D eigenvalue weighted by molar-refractivity contribution is 7.80. The molecule has 1 saturated heterocycles. The van der Waals surface area contributed by atoms with Gasteiger partial charge in [0.2, 0.25) is 11.8 Å². The minimum atomic E-state index is -0.0157. The van der Waals surface area contributed by atoms with Crippen LogP contribution in [0.25, 0.3) is 0 Å². The Morgan fingerprint density at radius 2 is 1.82 bits per heavy atom. The lowest BCUT2D eigenvalue weighted by Crippen LogP contribution is -2.32. The van der Waals surface area contributed by atoms with Gasteiger partial charge >= 0.3 is 0 Å². The van der Waals surface area contributed by atoms with E-state index < -0.39 is 0 Å². The molecule has 2 unspecified atom stereocenters. The first kappa shape index (κ1) is 12.5. The first-order valence-corrected chi connectivity index (χ1v) is 6.65. The standard InChI is InChI=1S/C12H18N2O2S/c13-10(17)6-1-2-7-14-11(15)8-4-3-5-9(8)12(14)16/h8-9H,1-7H2,(H2,13,17). The Bertz CT molecular complexity index is 334. The Balaban J connectivity index is 1.83. The molecule has 0 aromatic carbocycles. The Kier molecular flexibility index (Phi) is 3.76. The molecule has 94 valence electrons. The number of amides is 2. The largest absolute Gasteiger partial charge is 0.393 e. The van der Waals surface area contributed by atoms with Crippen molar-refractivity contribution in [1.82, 2.24) is 4.90 Å². The lowest BCUT2D eigenvalue weighted by atomic mass is 10.00. The molecule has 2 fully saturated rings. The molecule has 1 aliphatic carbocycles. The Hall–Kier alpha value is -0.970. The van der Waals surface area contributed by atoms with Crippen molar-refractivity contribution in [2.75, 3.05) is 6.54 Å². The van der Waals surface area contributed by atoms with Gasteiger partial charge in [0.1, 0.15) is 0 Å². The highest BCUT2D eigenvalue weighted by atomic mass is 32.1. The summed E-state index contributed by atoms with van der Waals surface area (Å²) in [5, 5.41) is 0. The van der Waals surface area contributed by atoms with Gasteiger partial charge in [0.25, 0.3) is 0 Å². The lowest BCUT2D eigenvalue weighted by molar-refractivity contribution is -0.140. The van der Waals surface area contributed by atoms with E-state index in [1.165, 1.54) is 4.90 Å². The highest BCUT2D eigenvalue weighted by Crippen LogP contribution is 2.39. The number of nitrogens with zero attached hydrogens (tertiary/aromatic N) is 1. The number of unbranched alkanes of at least 4 members (excludes halogenated alkanes) is 1. The summed E-state index contributed by atoms with van der Waals surface area (Å²) < 4.78 is 0. The molecule has 17 heavy (non-hydrogen) atoms. The van der Waals surface area contributed by atoms with Crippen LogP contribution in [0.5, 0.6) is 0 Å². The zero-order valence-electron chi connectivity index (χ0n) is 9.85. The van der Waals surface area contributed by atoms with E-state index >= 15 is 0 Å². The molecule has 0 bridgehead atoms. The van der Waals surface area contributed by atoms with Crippen molar-refractivity contribution in [3.05, 3.63) is 0 Å². The third-order valence-corrected chi connectivity index (χ3v) is 3.94. The minimum absolute atomic E-state index is 0.0157. The molecule has 2 atom stereocenters. The van der Waals surface area contributed by atoms with Gasteiger partial charge in [-0.05, 0) is 32.1 Å². The van der Waals surface area contributed by atoms with Crippen LogP contribution in [-0.2, 0) is 9.59 Å². The van der Waals surface area contributed by atoms with Crippen LogP contribution < -0.4 is 5.73 Å². The average Bonchev–Trinajstić information content (AvgIpc) is 2.82. The molecule has 1 saturated carbocycles. The molecule has 5 heteroatoms. The van der Waals surface area contributed by atoms with Gasteiger partial charge in [-0.25, -0.2) is 0 Å². The van der Waals surface area contributed by atoms with Crippen molar-refractivity contribution >= 4 is 29.0 Å². The van der Waals surface area contributed by atoms with E-state index in [2.05, 4.69) is 0 Å². The van der Waals surface area contributed by atoms with Crippen LogP contribution in [0.1, 0.15) is 38.5 Å². The van der Waals surface area contributed by atoms with Crippen molar-refractivity contribution in [1.29, 1.82) is 0 Å². The second-order valence-electron chi connectivity index (χ2n) is 4.90. The zero-order valence-corrected chi connectivity index (χ0v) is 10.7. The van der Waals surface area contributed by atoms with Crippen LogP contribution in [0, 0.1) is 11.8 Å². The fraction of sp³-hybridized carbons (Fsp3) is 0.750. The number of likely N-dealkylation sites (tertiary alicyclic amines) is 1. The van der Waals surface area contributed by atoms with Crippen molar-refractivity contribution in [3.63, 3.8) is 0 Å². The van der Waals surface area contributed by atoms with E-state index in [0.29, 0.717) is 18.0 Å². The second-order valence-corrected chi connectivity index (χ2v) is 5.42. The summed E-state index contributed by atoms with van der Waals surface area (Å²) in [5.74, 6) is 0.0665. The van der Waals surface area contributed by atoms with Crippen LogP contribution >= 0.6 is 12.2 Å². The fourth-order valence-electron chi connectivity index (χ4n) is 2.85. The number of carbonyl (C=O) groups excluding carboxylic acids is 2. The van der Waals surface area contributed by atoms with Gasteiger partial charge in [-0.3, -0.25) is 14.5 Å². The number of hydrogen-bond donors (Lipinski definition) is 1. The Labute approximate surface area is 107 Å². The van der Waals surface area contributed by atoms with Gasteiger partial charge in [0.05, 0.1) is 16.8 Å². The normalized spacial score (nSPS) is 27.6. The molecule has 2 N–H and O–H groups in total. The molecule has 4 nitrogen and oxygen atoms in total. The number of hydrogen-bond acceptors (Lipinski definition) is 3. The summed E-state index contributed by atoms with van der Waals surface area (Å²) in [4.78, 5) is 25.9. The van der Waals surface area contributed by atoms with Gasteiger partial charge < -0.3 is 5.73 Å². The summed E-state index contributed by atoms with van der Waals surface area (Å²) in [6, 6.07) is 0. The average molecular weight is 254 g/mol. The molecule has 0 aromatic rings. The van der Waals surface area contributed by atoms with E-state index in [-0.39, 0.29) is 23.7 Å². The van der Waals surface area contributed by atoms with Gasteiger partial charge in [0, 0.05) is 6.54 Å². The first-order chi connectivity index (χ1) is 8.11. The number of thiocarbonyl (C=S) groups is 1. The Morgan fingerprint density at radius 3 is 2.35 bits per heavy atom. The Morgan fingerprint density at radius 1 is 1.24 bits per heavy atom. The lowest BCUT2D eigenvalue weighted by Gasteiger charge is -2.15. The van der Waals surface area contributed by atoms with Crippen LogP contribution in [0.2, 0.25) is 0 Å². The summed E-state index contributed by atoms with van der Waals surface area (Å²) in [5.41, 5.74) is 5.40. The number of rotatable bonds is 5. The van der Waals surface area contributed by atoms with Crippen LogP contribution in [-0.4, -0.2) is 28.2 Å². The molecule has 1 heterocycles. The molecule has 0 spiro atoms. The molecule has 2 rings (SSSR count). The second kappa shape index (κ2) is 5.12. The van der Waals surface area contributed by atoms with Crippen molar-refractivity contribution < 1.29 is 9.59 Å². The third-order valence-electron chi connectivity index (χ3n) is 3.74. The van der Waals surface area contributed by atoms with E-state index in [4.69, 9.17) is 18.0 Å². The van der Waals surface area contributed by atoms with Crippen LogP contribution in [0.4, 0.5) is 0 Å². The summed E-state index contributed by atoms with van der Waals surface area (Å²) in [7, 11) is 0. The maximum Gasteiger partial charge on any atom is 0.233 e. The fourth-order valence-corrected chi connectivity index (χ4v) is 2.99. The molecular weight excluding hydrogens is 236 g/mol. The molecule has 0 radical (unpaired) electrons. The summed E-state index contributed by atoms with van der Waals surface area (Å²) in [6.07, 6.45) is 5.13. The molecule has 1 aliphatic heterocycles. The van der Waals surface area contributed by atoms with Crippen molar-refractivity contribution in [3.8, 4) is 0 Å². The smallest absolute Gasteiger partial charge is 0.233 e. The van der Waals surface area contributed by atoms with Gasteiger partial charge in [0.15, 0.2) is 0 Å².